The van der Waals surface area contributed by atoms with E-state index in [-0.39, 0.29) is 0 Å². The topological polar surface area (TPSA) is 57.4 Å². The fourth-order valence-corrected chi connectivity index (χ4v) is 1.91. The van der Waals surface area contributed by atoms with Crippen molar-refractivity contribution in [3.63, 3.8) is 0 Å². The van der Waals surface area contributed by atoms with Gasteiger partial charge in [0.25, 0.3) is 0 Å². The largest absolute Gasteiger partial charge is 0.494 e. The van der Waals surface area contributed by atoms with Crippen LogP contribution < -0.4 is 15.2 Å². The first-order valence-electron chi connectivity index (χ1n) is 6.68. The van der Waals surface area contributed by atoms with Gasteiger partial charge in [0, 0.05) is 18.0 Å². The molecule has 2 N–H and O–H groups in total. The third kappa shape index (κ3) is 3.20. The number of nitrogens with zero attached hydrogens (tertiary/aromatic N) is 1. The van der Waals surface area contributed by atoms with Crippen LogP contribution in [0.2, 0.25) is 0 Å². The molecule has 0 atom stereocenters. The van der Waals surface area contributed by atoms with Gasteiger partial charge < -0.3 is 15.2 Å². The lowest BCUT2D eigenvalue weighted by Gasteiger charge is -2.12. The lowest BCUT2D eigenvalue weighted by molar-refractivity contribution is 0.294. The van der Waals surface area contributed by atoms with Crippen LogP contribution in [-0.4, -0.2) is 11.6 Å². The monoisotopic (exact) mass is 272 g/mol. The van der Waals surface area contributed by atoms with Gasteiger partial charge >= 0.3 is 0 Å². The molecule has 1 heterocycles. The van der Waals surface area contributed by atoms with Crippen LogP contribution in [0.1, 0.15) is 23.7 Å². The molecule has 4 nitrogen and oxygen atoms in total. The highest BCUT2D eigenvalue weighted by molar-refractivity contribution is 5.53. The Bertz CT molecular complexity index is 597. The molecule has 0 saturated heterocycles. The average molecular weight is 272 g/mol. The Labute approximate surface area is 119 Å². The van der Waals surface area contributed by atoms with Gasteiger partial charge in [-0.2, -0.15) is 0 Å². The maximum absolute atomic E-state index is 6.00. The van der Waals surface area contributed by atoms with Gasteiger partial charge in [-0.1, -0.05) is 6.07 Å². The molecular formula is C16H20N2O2. The Morgan fingerprint density at radius 3 is 2.55 bits per heavy atom. The lowest BCUT2D eigenvalue weighted by atomic mass is 10.1. The van der Waals surface area contributed by atoms with Gasteiger partial charge in [-0.15, -0.1) is 0 Å². The highest BCUT2D eigenvalue weighted by atomic mass is 16.5. The van der Waals surface area contributed by atoms with Crippen molar-refractivity contribution in [1.82, 2.24) is 4.98 Å². The van der Waals surface area contributed by atoms with Crippen molar-refractivity contribution in [3.8, 4) is 11.5 Å². The predicted octanol–water partition coefficient (Wildman–Crippen LogP) is 3.26. The fraction of sp³-hybridized carbons (Fsp3) is 0.312. The van der Waals surface area contributed by atoms with Crippen molar-refractivity contribution < 1.29 is 9.47 Å². The second kappa shape index (κ2) is 6.28. The summed E-state index contributed by atoms with van der Waals surface area (Å²) in [5.74, 6) is 1.56. The molecule has 1 aromatic heterocycles. The number of pyridine rings is 1. The smallest absolute Gasteiger partial charge is 0.131 e. The zero-order valence-corrected chi connectivity index (χ0v) is 12.1. The van der Waals surface area contributed by atoms with E-state index in [0.29, 0.717) is 13.2 Å². The lowest BCUT2D eigenvalue weighted by Crippen LogP contribution is -2.05. The molecule has 2 aromatic rings. The Hall–Kier alpha value is -2.23. The molecule has 0 radical (unpaired) electrons. The third-order valence-corrected chi connectivity index (χ3v) is 3.17. The van der Waals surface area contributed by atoms with Crippen molar-refractivity contribution >= 4 is 5.69 Å². The summed E-state index contributed by atoms with van der Waals surface area (Å²) < 4.78 is 11.2. The normalized spacial score (nSPS) is 10.3. The Kier molecular flexibility index (Phi) is 4.45. The van der Waals surface area contributed by atoms with E-state index in [1.165, 1.54) is 0 Å². The van der Waals surface area contributed by atoms with E-state index in [1.54, 1.807) is 6.20 Å². The zero-order chi connectivity index (χ0) is 14.5. The molecule has 0 spiro atoms. The number of rotatable bonds is 5. The van der Waals surface area contributed by atoms with Crippen LogP contribution in [0.4, 0.5) is 5.69 Å². The minimum Gasteiger partial charge on any atom is -0.494 e. The minimum absolute atomic E-state index is 0.395. The second-order valence-electron chi connectivity index (χ2n) is 4.62. The number of nitrogens with two attached hydrogens (primary N) is 1. The summed E-state index contributed by atoms with van der Waals surface area (Å²) in [6.45, 7) is 6.90. The van der Waals surface area contributed by atoms with Gasteiger partial charge in [-0.25, -0.2) is 0 Å². The van der Waals surface area contributed by atoms with E-state index in [1.807, 2.05) is 45.0 Å². The van der Waals surface area contributed by atoms with Crippen LogP contribution in [0.25, 0.3) is 0 Å². The number of anilines is 1. The van der Waals surface area contributed by atoms with Crippen molar-refractivity contribution in [3.05, 3.63) is 47.3 Å². The van der Waals surface area contributed by atoms with Gasteiger partial charge in [0.05, 0.1) is 12.3 Å². The van der Waals surface area contributed by atoms with Crippen LogP contribution in [0, 0.1) is 13.8 Å². The summed E-state index contributed by atoms with van der Waals surface area (Å²) in [6.07, 6.45) is 1.78. The molecular weight excluding hydrogens is 252 g/mol. The van der Waals surface area contributed by atoms with Gasteiger partial charge in [0.15, 0.2) is 0 Å². The molecule has 2 rings (SSSR count). The molecule has 4 heteroatoms. The minimum atomic E-state index is 0.395. The molecule has 0 bridgehead atoms. The molecule has 0 aliphatic rings. The van der Waals surface area contributed by atoms with E-state index in [9.17, 15) is 0 Å². The number of hydrogen-bond acceptors (Lipinski definition) is 4. The summed E-state index contributed by atoms with van der Waals surface area (Å²) in [5.41, 5.74) is 9.60. The Morgan fingerprint density at radius 1 is 1.15 bits per heavy atom. The number of aromatic nitrogens is 1. The van der Waals surface area contributed by atoms with E-state index in [2.05, 4.69) is 4.98 Å². The standard InChI is InChI=1S/C16H20N2O2/c1-4-19-13-6-5-7-14(8-13)20-10-15-12(3)16(17)11(2)9-18-15/h5-9H,4,10H2,1-3H3,(H2,17,18). The zero-order valence-electron chi connectivity index (χ0n) is 12.1. The molecule has 20 heavy (non-hydrogen) atoms. The number of aryl methyl sites for hydroxylation is 1. The molecule has 106 valence electrons. The summed E-state index contributed by atoms with van der Waals surface area (Å²) >= 11 is 0. The first kappa shape index (κ1) is 14.2. The quantitative estimate of drug-likeness (QED) is 0.907. The Balaban J connectivity index is 2.09. The Morgan fingerprint density at radius 2 is 1.85 bits per heavy atom. The van der Waals surface area contributed by atoms with Crippen molar-refractivity contribution in [2.24, 2.45) is 0 Å². The summed E-state index contributed by atoms with van der Waals surface area (Å²) in [7, 11) is 0. The van der Waals surface area contributed by atoms with Gasteiger partial charge in [-0.3, -0.25) is 4.98 Å². The van der Waals surface area contributed by atoms with Crippen LogP contribution in [0.15, 0.2) is 30.5 Å². The van der Waals surface area contributed by atoms with E-state index in [4.69, 9.17) is 15.2 Å². The fourth-order valence-electron chi connectivity index (χ4n) is 1.91. The summed E-state index contributed by atoms with van der Waals surface area (Å²) in [5, 5.41) is 0. The van der Waals surface area contributed by atoms with Crippen molar-refractivity contribution in [1.29, 1.82) is 0 Å². The molecule has 0 aliphatic heterocycles. The number of hydrogen-bond donors (Lipinski definition) is 1. The maximum atomic E-state index is 6.00. The third-order valence-electron chi connectivity index (χ3n) is 3.17. The van der Waals surface area contributed by atoms with Crippen molar-refractivity contribution in [2.75, 3.05) is 12.3 Å². The molecule has 0 fully saturated rings. The van der Waals surface area contributed by atoms with Gasteiger partial charge in [0.1, 0.15) is 18.1 Å². The number of nitrogen functional groups attached to an aromatic ring is 1. The average Bonchev–Trinajstić information content (AvgIpc) is 2.45. The SMILES string of the molecule is CCOc1cccc(OCc2ncc(C)c(N)c2C)c1. The highest BCUT2D eigenvalue weighted by Crippen LogP contribution is 2.22. The number of ether oxygens (including phenoxy) is 2. The van der Waals surface area contributed by atoms with Crippen LogP contribution in [0.5, 0.6) is 11.5 Å². The van der Waals surface area contributed by atoms with Gasteiger partial charge in [0.2, 0.25) is 0 Å². The van der Waals surface area contributed by atoms with Crippen LogP contribution >= 0.6 is 0 Å². The molecule has 0 amide bonds. The van der Waals surface area contributed by atoms with E-state index < -0.39 is 0 Å². The predicted molar refractivity (Wildman–Crippen MR) is 80.1 cm³/mol. The highest BCUT2D eigenvalue weighted by Gasteiger charge is 2.07. The first-order valence-corrected chi connectivity index (χ1v) is 6.68. The molecule has 0 saturated carbocycles. The maximum Gasteiger partial charge on any atom is 0.131 e. The van der Waals surface area contributed by atoms with E-state index >= 15 is 0 Å². The number of benzene rings is 1. The second-order valence-corrected chi connectivity index (χ2v) is 4.62. The summed E-state index contributed by atoms with van der Waals surface area (Å²) in [6, 6.07) is 7.58. The molecule has 0 aliphatic carbocycles. The molecule has 1 aromatic carbocycles. The van der Waals surface area contributed by atoms with E-state index in [0.717, 1.165) is 34.0 Å². The summed E-state index contributed by atoms with van der Waals surface area (Å²) in [4.78, 5) is 4.38. The first-order chi connectivity index (χ1) is 9.61. The molecule has 0 unspecified atom stereocenters. The van der Waals surface area contributed by atoms with Gasteiger partial charge in [-0.05, 0) is 44.0 Å². The van der Waals surface area contributed by atoms with Crippen molar-refractivity contribution in [2.45, 2.75) is 27.4 Å². The van der Waals surface area contributed by atoms with Crippen LogP contribution in [0.3, 0.4) is 0 Å². The van der Waals surface area contributed by atoms with Crippen LogP contribution in [-0.2, 0) is 6.61 Å².